The second-order valence-corrected chi connectivity index (χ2v) is 4.35. The fourth-order valence-electron chi connectivity index (χ4n) is 1.21. The standard InChI is InChI=1S/C8H7F3O3S/c1-3-5(9)4(2)8(15(12,13)14)7(11)6(3)10/h1-2H3,(H,12,13,14). The third-order valence-corrected chi connectivity index (χ3v) is 2.98. The van der Waals surface area contributed by atoms with E-state index >= 15 is 0 Å². The van der Waals surface area contributed by atoms with E-state index in [4.69, 9.17) is 4.55 Å². The van der Waals surface area contributed by atoms with E-state index in [0.29, 0.717) is 0 Å². The predicted octanol–water partition coefficient (Wildman–Crippen LogP) is 1.97. The minimum atomic E-state index is -4.98. The molecule has 0 aliphatic heterocycles. The third kappa shape index (κ3) is 1.84. The van der Waals surface area contributed by atoms with Crippen LogP contribution in [-0.2, 0) is 10.1 Å². The minimum absolute atomic E-state index is 0.627. The summed E-state index contributed by atoms with van der Waals surface area (Å²) >= 11 is 0. The zero-order valence-electron chi connectivity index (χ0n) is 7.81. The molecule has 1 rings (SSSR count). The van der Waals surface area contributed by atoms with Gasteiger partial charge in [0.15, 0.2) is 11.6 Å². The third-order valence-electron chi connectivity index (χ3n) is 1.98. The fourth-order valence-corrected chi connectivity index (χ4v) is 2.01. The van der Waals surface area contributed by atoms with E-state index < -0.39 is 43.6 Å². The Kier molecular flexibility index (Phi) is 2.79. The Labute approximate surface area is 84.3 Å². The first kappa shape index (κ1) is 12.0. The second-order valence-electron chi connectivity index (χ2n) is 3.00. The van der Waals surface area contributed by atoms with Gasteiger partial charge in [-0.15, -0.1) is 0 Å². The minimum Gasteiger partial charge on any atom is -0.282 e. The van der Waals surface area contributed by atoms with Gasteiger partial charge >= 0.3 is 0 Å². The summed E-state index contributed by atoms with van der Waals surface area (Å²) in [5.74, 6) is -4.58. The Morgan fingerprint density at radius 1 is 0.933 bits per heavy atom. The van der Waals surface area contributed by atoms with Crippen molar-refractivity contribution in [2.45, 2.75) is 18.7 Å². The zero-order valence-corrected chi connectivity index (χ0v) is 8.62. The molecule has 0 atom stereocenters. The van der Waals surface area contributed by atoms with Crippen molar-refractivity contribution in [1.29, 1.82) is 0 Å². The van der Waals surface area contributed by atoms with Crippen LogP contribution < -0.4 is 0 Å². The van der Waals surface area contributed by atoms with E-state index in [0.717, 1.165) is 13.8 Å². The fraction of sp³-hybridized carbons (Fsp3) is 0.250. The van der Waals surface area contributed by atoms with E-state index in [9.17, 15) is 21.6 Å². The van der Waals surface area contributed by atoms with Gasteiger partial charge in [0.2, 0.25) is 0 Å². The van der Waals surface area contributed by atoms with E-state index in [1.54, 1.807) is 0 Å². The molecule has 0 bridgehead atoms. The maximum Gasteiger partial charge on any atom is 0.297 e. The van der Waals surface area contributed by atoms with Crippen LogP contribution in [0.4, 0.5) is 13.2 Å². The highest BCUT2D eigenvalue weighted by molar-refractivity contribution is 7.85. The lowest BCUT2D eigenvalue weighted by atomic mass is 10.1. The Morgan fingerprint density at radius 3 is 1.80 bits per heavy atom. The lowest BCUT2D eigenvalue weighted by Crippen LogP contribution is -2.10. The maximum atomic E-state index is 13.2. The Morgan fingerprint density at radius 2 is 1.40 bits per heavy atom. The summed E-state index contributed by atoms with van der Waals surface area (Å²) in [5, 5.41) is 0. The molecule has 0 saturated carbocycles. The number of hydrogen-bond donors (Lipinski definition) is 1. The lowest BCUT2D eigenvalue weighted by Gasteiger charge is -2.09. The lowest BCUT2D eigenvalue weighted by molar-refractivity contribution is 0.437. The van der Waals surface area contributed by atoms with Crippen molar-refractivity contribution in [2.24, 2.45) is 0 Å². The summed E-state index contributed by atoms with van der Waals surface area (Å²) in [6.07, 6.45) is 0. The smallest absolute Gasteiger partial charge is 0.282 e. The van der Waals surface area contributed by atoms with Gasteiger partial charge in [0.25, 0.3) is 10.1 Å². The highest BCUT2D eigenvalue weighted by Crippen LogP contribution is 2.27. The summed E-state index contributed by atoms with van der Waals surface area (Å²) in [5.41, 5.74) is -1.27. The largest absolute Gasteiger partial charge is 0.297 e. The van der Waals surface area contributed by atoms with Gasteiger partial charge < -0.3 is 0 Å². The summed E-state index contributed by atoms with van der Waals surface area (Å²) in [6, 6.07) is 0. The summed E-state index contributed by atoms with van der Waals surface area (Å²) in [7, 11) is -4.98. The molecule has 0 aromatic heterocycles. The monoisotopic (exact) mass is 240 g/mol. The highest BCUT2D eigenvalue weighted by atomic mass is 32.2. The number of hydrogen-bond acceptors (Lipinski definition) is 2. The molecule has 0 saturated heterocycles. The molecule has 0 heterocycles. The molecule has 0 spiro atoms. The van der Waals surface area contributed by atoms with Crippen molar-refractivity contribution in [3.8, 4) is 0 Å². The van der Waals surface area contributed by atoms with Crippen LogP contribution in [0.5, 0.6) is 0 Å². The molecule has 15 heavy (non-hydrogen) atoms. The normalized spacial score (nSPS) is 11.9. The maximum absolute atomic E-state index is 13.2. The molecule has 1 aromatic carbocycles. The first-order valence-electron chi connectivity index (χ1n) is 3.79. The molecule has 1 aromatic rings. The van der Waals surface area contributed by atoms with Gasteiger partial charge in [0.1, 0.15) is 10.7 Å². The van der Waals surface area contributed by atoms with Crippen molar-refractivity contribution in [3.63, 3.8) is 0 Å². The van der Waals surface area contributed by atoms with Crippen molar-refractivity contribution in [2.75, 3.05) is 0 Å². The Bertz CT molecular complexity index is 493. The number of benzene rings is 1. The summed E-state index contributed by atoms with van der Waals surface area (Å²) in [6.45, 7) is 1.91. The molecule has 0 radical (unpaired) electrons. The molecule has 0 amide bonds. The highest BCUT2D eigenvalue weighted by Gasteiger charge is 2.27. The molecule has 0 fully saturated rings. The van der Waals surface area contributed by atoms with Crippen LogP contribution in [-0.4, -0.2) is 13.0 Å². The van der Waals surface area contributed by atoms with Crippen LogP contribution in [0.15, 0.2) is 4.90 Å². The van der Waals surface area contributed by atoms with Crippen LogP contribution in [0.1, 0.15) is 11.1 Å². The number of rotatable bonds is 1. The van der Waals surface area contributed by atoms with Crippen molar-refractivity contribution < 1.29 is 26.1 Å². The molecular formula is C8H7F3O3S. The average molecular weight is 240 g/mol. The number of halogens is 3. The summed E-state index contributed by atoms with van der Waals surface area (Å²) < 4.78 is 69.2. The molecule has 84 valence electrons. The molecule has 3 nitrogen and oxygen atoms in total. The topological polar surface area (TPSA) is 54.4 Å². The van der Waals surface area contributed by atoms with Gasteiger partial charge in [-0.25, -0.2) is 13.2 Å². The van der Waals surface area contributed by atoms with E-state index in [1.165, 1.54) is 0 Å². The van der Waals surface area contributed by atoms with Crippen molar-refractivity contribution in [3.05, 3.63) is 28.6 Å². The van der Waals surface area contributed by atoms with E-state index in [2.05, 4.69) is 0 Å². The quantitative estimate of drug-likeness (QED) is 0.603. The van der Waals surface area contributed by atoms with E-state index in [-0.39, 0.29) is 0 Å². The van der Waals surface area contributed by atoms with Crippen LogP contribution in [0.2, 0.25) is 0 Å². The van der Waals surface area contributed by atoms with Crippen molar-refractivity contribution in [1.82, 2.24) is 0 Å². The molecule has 7 heteroatoms. The molecule has 0 aliphatic rings. The first-order valence-corrected chi connectivity index (χ1v) is 5.23. The molecule has 1 N–H and O–H groups in total. The average Bonchev–Trinajstić information content (AvgIpc) is 2.09. The SMILES string of the molecule is Cc1c(F)c(C)c(S(=O)(=O)O)c(F)c1F. The van der Waals surface area contributed by atoms with Crippen LogP contribution >= 0.6 is 0 Å². The molecule has 0 aliphatic carbocycles. The van der Waals surface area contributed by atoms with Gasteiger partial charge in [-0.2, -0.15) is 8.42 Å². The molecule has 0 unspecified atom stereocenters. The Hall–Kier alpha value is -1.08. The van der Waals surface area contributed by atoms with Gasteiger partial charge in [-0.05, 0) is 13.8 Å². The predicted molar refractivity (Wildman–Crippen MR) is 45.6 cm³/mol. The Balaban J connectivity index is 3.84. The summed E-state index contributed by atoms with van der Waals surface area (Å²) in [4.78, 5) is -1.36. The second kappa shape index (κ2) is 3.49. The van der Waals surface area contributed by atoms with Crippen LogP contribution in [0.25, 0.3) is 0 Å². The van der Waals surface area contributed by atoms with Crippen molar-refractivity contribution >= 4 is 10.1 Å². The van der Waals surface area contributed by atoms with Gasteiger partial charge in [-0.1, -0.05) is 0 Å². The van der Waals surface area contributed by atoms with Crippen LogP contribution in [0, 0.1) is 31.3 Å². The van der Waals surface area contributed by atoms with E-state index in [1.807, 2.05) is 0 Å². The molecular weight excluding hydrogens is 233 g/mol. The van der Waals surface area contributed by atoms with Gasteiger partial charge in [0, 0.05) is 11.1 Å². The first-order chi connectivity index (χ1) is 6.68. The van der Waals surface area contributed by atoms with Gasteiger partial charge in [0.05, 0.1) is 0 Å². The van der Waals surface area contributed by atoms with Crippen LogP contribution in [0.3, 0.4) is 0 Å². The van der Waals surface area contributed by atoms with Gasteiger partial charge in [-0.3, -0.25) is 4.55 Å². The zero-order chi connectivity index (χ0) is 12.0.